The van der Waals surface area contributed by atoms with Crippen LogP contribution in [0.2, 0.25) is 0 Å². The van der Waals surface area contributed by atoms with Gasteiger partial charge in [0.2, 0.25) is 11.8 Å². The number of hydrogen-bond acceptors (Lipinski definition) is 3. The summed E-state index contributed by atoms with van der Waals surface area (Å²) in [6, 6.07) is 7.75. The van der Waals surface area contributed by atoms with E-state index in [-0.39, 0.29) is 29.7 Å². The van der Waals surface area contributed by atoms with Gasteiger partial charge in [0.15, 0.2) is 0 Å². The van der Waals surface area contributed by atoms with Crippen LogP contribution in [0.3, 0.4) is 0 Å². The number of carbonyl (C=O) groups excluding carboxylic acids is 2. The minimum atomic E-state index is -0.0565. The monoisotopic (exact) mass is 346 g/mol. The molecule has 138 valence electrons. The van der Waals surface area contributed by atoms with Crippen LogP contribution in [0.25, 0.3) is 0 Å². The van der Waals surface area contributed by atoms with Crippen LogP contribution < -0.4 is 4.74 Å². The molecule has 1 saturated heterocycles. The van der Waals surface area contributed by atoms with E-state index in [0.29, 0.717) is 13.1 Å². The highest BCUT2D eigenvalue weighted by Crippen LogP contribution is 2.30. The summed E-state index contributed by atoms with van der Waals surface area (Å²) < 4.78 is 5.42. The summed E-state index contributed by atoms with van der Waals surface area (Å²) in [5, 5.41) is 0. The Labute approximate surface area is 150 Å². The molecule has 0 aromatic heterocycles. The second-order valence-corrected chi connectivity index (χ2v) is 7.12. The van der Waals surface area contributed by atoms with Crippen molar-refractivity contribution in [2.45, 2.75) is 39.7 Å². The first-order valence-corrected chi connectivity index (χ1v) is 9.05. The maximum Gasteiger partial charge on any atom is 0.226 e. The Morgan fingerprint density at radius 1 is 1.16 bits per heavy atom. The summed E-state index contributed by atoms with van der Waals surface area (Å²) in [6.07, 6.45) is 1.47. The van der Waals surface area contributed by atoms with Gasteiger partial charge in [-0.25, -0.2) is 0 Å². The molecule has 0 bridgehead atoms. The number of methoxy groups -OCH3 is 1. The SMILES string of the molecule is COc1ccccc1C(C)N(C)C(=O)C1CCN(C(=O)C(C)C)CC1. The second kappa shape index (κ2) is 8.37. The Balaban J connectivity index is 2.00. The van der Waals surface area contributed by atoms with Gasteiger partial charge in [-0.1, -0.05) is 32.0 Å². The fraction of sp³-hybridized carbons (Fsp3) is 0.600. The molecule has 1 fully saturated rings. The van der Waals surface area contributed by atoms with Crippen molar-refractivity contribution in [1.82, 2.24) is 9.80 Å². The average molecular weight is 346 g/mol. The van der Waals surface area contributed by atoms with E-state index in [1.165, 1.54) is 0 Å². The quantitative estimate of drug-likeness (QED) is 0.823. The van der Waals surface area contributed by atoms with E-state index in [4.69, 9.17) is 4.74 Å². The normalized spacial score (nSPS) is 16.6. The number of para-hydroxylation sites is 1. The summed E-state index contributed by atoms with van der Waals surface area (Å²) in [5.74, 6) is 1.13. The standard InChI is InChI=1S/C20H30N2O3/c1-14(2)19(23)22-12-10-16(11-13-22)20(24)21(4)15(3)17-8-6-7-9-18(17)25-5/h6-9,14-16H,10-13H2,1-5H3. The highest BCUT2D eigenvalue weighted by Gasteiger charge is 2.31. The first kappa shape index (κ1) is 19.3. The minimum absolute atomic E-state index is 0.0143. The van der Waals surface area contributed by atoms with E-state index in [2.05, 4.69) is 0 Å². The predicted molar refractivity (Wildman–Crippen MR) is 98.3 cm³/mol. The van der Waals surface area contributed by atoms with Crippen LogP contribution in [-0.4, -0.2) is 48.9 Å². The fourth-order valence-electron chi connectivity index (χ4n) is 3.41. The largest absolute Gasteiger partial charge is 0.496 e. The maximum absolute atomic E-state index is 12.9. The number of ether oxygens (including phenoxy) is 1. The predicted octanol–water partition coefficient (Wildman–Crippen LogP) is 3.11. The first-order valence-electron chi connectivity index (χ1n) is 9.05. The number of amides is 2. The Bertz CT molecular complexity index is 607. The van der Waals surface area contributed by atoms with Gasteiger partial charge in [0.05, 0.1) is 13.2 Å². The van der Waals surface area contributed by atoms with Gasteiger partial charge in [-0.2, -0.15) is 0 Å². The van der Waals surface area contributed by atoms with Gasteiger partial charge in [0, 0.05) is 37.5 Å². The van der Waals surface area contributed by atoms with Crippen LogP contribution in [0.1, 0.15) is 45.2 Å². The van der Waals surface area contributed by atoms with E-state index >= 15 is 0 Å². The van der Waals surface area contributed by atoms with E-state index in [1.54, 1.807) is 7.11 Å². The molecule has 0 aliphatic carbocycles. The van der Waals surface area contributed by atoms with E-state index < -0.39 is 0 Å². The van der Waals surface area contributed by atoms with Crippen LogP contribution in [-0.2, 0) is 9.59 Å². The van der Waals surface area contributed by atoms with Gasteiger partial charge in [-0.05, 0) is 25.8 Å². The topological polar surface area (TPSA) is 49.9 Å². The summed E-state index contributed by atoms with van der Waals surface area (Å²) in [7, 11) is 3.50. The number of hydrogen-bond donors (Lipinski definition) is 0. The smallest absolute Gasteiger partial charge is 0.226 e. The number of piperidine rings is 1. The van der Waals surface area contributed by atoms with Crippen molar-refractivity contribution in [2.24, 2.45) is 11.8 Å². The lowest BCUT2D eigenvalue weighted by atomic mass is 9.93. The molecule has 1 atom stereocenters. The zero-order chi connectivity index (χ0) is 18.6. The van der Waals surface area contributed by atoms with Crippen LogP contribution >= 0.6 is 0 Å². The molecular weight excluding hydrogens is 316 g/mol. The van der Waals surface area contributed by atoms with Crippen LogP contribution in [0.15, 0.2) is 24.3 Å². The molecule has 0 saturated carbocycles. The zero-order valence-electron chi connectivity index (χ0n) is 16.0. The van der Waals surface area contributed by atoms with Crippen molar-refractivity contribution in [3.63, 3.8) is 0 Å². The number of rotatable bonds is 5. The van der Waals surface area contributed by atoms with Crippen molar-refractivity contribution < 1.29 is 14.3 Å². The second-order valence-electron chi connectivity index (χ2n) is 7.12. The average Bonchev–Trinajstić information content (AvgIpc) is 2.65. The lowest BCUT2D eigenvalue weighted by molar-refractivity contribution is -0.142. The minimum Gasteiger partial charge on any atom is -0.496 e. The third-order valence-corrected chi connectivity index (χ3v) is 5.17. The lowest BCUT2D eigenvalue weighted by Gasteiger charge is -2.36. The van der Waals surface area contributed by atoms with Crippen molar-refractivity contribution in [3.8, 4) is 5.75 Å². The molecule has 5 nitrogen and oxygen atoms in total. The van der Waals surface area contributed by atoms with Crippen LogP contribution in [0, 0.1) is 11.8 Å². The van der Waals surface area contributed by atoms with Gasteiger partial charge in [0.1, 0.15) is 5.75 Å². The van der Waals surface area contributed by atoms with E-state index in [0.717, 1.165) is 24.2 Å². The Hall–Kier alpha value is -2.04. The molecule has 1 aromatic carbocycles. The molecule has 2 rings (SSSR count). The molecule has 1 aliphatic rings. The van der Waals surface area contributed by atoms with E-state index in [1.807, 2.05) is 61.9 Å². The molecule has 1 unspecified atom stereocenters. The highest BCUT2D eigenvalue weighted by atomic mass is 16.5. The molecule has 0 radical (unpaired) electrons. The molecule has 25 heavy (non-hydrogen) atoms. The van der Waals surface area contributed by atoms with Gasteiger partial charge in [-0.3, -0.25) is 9.59 Å². The van der Waals surface area contributed by atoms with Gasteiger partial charge >= 0.3 is 0 Å². The van der Waals surface area contributed by atoms with Gasteiger partial charge in [-0.15, -0.1) is 0 Å². The van der Waals surface area contributed by atoms with E-state index in [9.17, 15) is 9.59 Å². The van der Waals surface area contributed by atoms with Crippen molar-refractivity contribution in [1.29, 1.82) is 0 Å². The lowest BCUT2D eigenvalue weighted by Crippen LogP contribution is -2.45. The molecular formula is C20H30N2O3. The molecule has 1 heterocycles. The number of nitrogens with zero attached hydrogens (tertiary/aromatic N) is 2. The maximum atomic E-state index is 12.9. The Morgan fingerprint density at radius 3 is 2.32 bits per heavy atom. The molecule has 2 amide bonds. The number of carbonyl (C=O) groups is 2. The van der Waals surface area contributed by atoms with Gasteiger partial charge in [0.25, 0.3) is 0 Å². The van der Waals surface area contributed by atoms with Crippen molar-refractivity contribution >= 4 is 11.8 Å². The number of benzene rings is 1. The molecule has 1 aromatic rings. The molecule has 1 aliphatic heterocycles. The third-order valence-electron chi connectivity index (χ3n) is 5.17. The summed E-state index contributed by atoms with van der Waals surface area (Å²) in [6.45, 7) is 7.20. The first-order chi connectivity index (χ1) is 11.9. The van der Waals surface area contributed by atoms with Crippen LogP contribution in [0.5, 0.6) is 5.75 Å². The Morgan fingerprint density at radius 2 is 1.76 bits per heavy atom. The van der Waals surface area contributed by atoms with Crippen molar-refractivity contribution in [3.05, 3.63) is 29.8 Å². The van der Waals surface area contributed by atoms with Crippen LogP contribution in [0.4, 0.5) is 0 Å². The zero-order valence-corrected chi connectivity index (χ0v) is 16.0. The molecule has 0 N–H and O–H groups in total. The fourth-order valence-corrected chi connectivity index (χ4v) is 3.41. The van der Waals surface area contributed by atoms with Gasteiger partial charge < -0.3 is 14.5 Å². The molecule has 5 heteroatoms. The molecule has 0 spiro atoms. The highest BCUT2D eigenvalue weighted by molar-refractivity contribution is 5.81. The summed E-state index contributed by atoms with van der Waals surface area (Å²) in [4.78, 5) is 28.7. The van der Waals surface area contributed by atoms with Crippen molar-refractivity contribution in [2.75, 3.05) is 27.2 Å². The summed E-state index contributed by atoms with van der Waals surface area (Å²) >= 11 is 0. The summed E-state index contributed by atoms with van der Waals surface area (Å²) in [5.41, 5.74) is 1.01. The Kier molecular flexibility index (Phi) is 6.45. The number of likely N-dealkylation sites (tertiary alicyclic amines) is 1. The third kappa shape index (κ3) is 4.33.